The van der Waals surface area contributed by atoms with Gasteiger partial charge in [-0.25, -0.2) is 4.98 Å². The van der Waals surface area contributed by atoms with Gasteiger partial charge in [0, 0.05) is 12.6 Å². The molecule has 1 aliphatic rings. The zero-order valence-electron chi connectivity index (χ0n) is 10.6. The van der Waals surface area contributed by atoms with E-state index in [1.54, 1.807) is 6.07 Å². The molecule has 1 aliphatic heterocycles. The fourth-order valence-electron chi connectivity index (χ4n) is 2.70. The number of imidazole rings is 1. The van der Waals surface area contributed by atoms with E-state index in [-0.39, 0.29) is 6.10 Å². The predicted octanol–water partition coefficient (Wildman–Crippen LogP) is 3.67. The maximum absolute atomic E-state index is 6.10. The molecule has 0 saturated carbocycles. The Morgan fingerprint density at radius 1 is 1.37 bits per heavy atom. The zero-order chi connectivity index (χ0) is 13.6. The van der Waals surface area contributed by atoms with Gasteiger partial charge in [-0.05, 0) is 31.9 Å². The highest BCUT2D eigenvalue weighted by Gasteiger charge is 2.24. The van der Waals surface area contributed by atoms with E-state index in [1.165, 1.54) is 0 Å². The summed E-state index contributed by atoms with van der Waals surface area (Å²) in [5, 5.41) is 1.02. The minimum Gasteiger partial charge on any atom is -0.378 e. The van der Waals surface area contributed by atoms with E-state index in [0.29, 0.717) is 22.0 Å². The van der Waals surface area contributed by atoms with Crippen LogP contribution in [-0.2, 0) is 4.74 Å². The van der Waals surface area contributed by atoms with Gasteiger partial charge in [-0.2, -0.15) is 0 Å². The summed E-state index contributed by atoms with van der Waals surface area (Å²) < 4.78 is 7.63. The molecular weight excluding hydrogens is 285 g/mol. The topological polar surface area (TPSA) is 53.1 Å². The Balaban J connectivity index is 2.12. The van der Waals surface area contributed by atoms with Crippen LogP contribution in [0.1, 0.15) is 25.8 Å². The largest absolute Gasteiger partial charge is 0.378 e. The van der Waals surface area contributed by atoms with Crippen molar-refractivity contribution in [2.45, 2.75) is 31.9 Å². The Morgan fingerprint density at radius 3 is 2.84 bits per heavy atom. The summed E-state index contributed by atoms with van der Waals surface area (Å²) >= 11 is 12.1. The van der Waals surface area contributed by atoms with Crippen molar-refractivity contribution in [2.75, 3.05) is 12.3 Å². The summed E-state index contributed by atoms with van der Waals surface area (Å²) in [5.41, 5.74) is 7.77. The number of hydrogen-bond acceptors (Lipinski definition) is 3. The number of fused-ring (bicyclic) bond motifs is 1. The summed E-state index contributed by atoms with van der Waals surface area (Å²) in [6.45, 7) is 2.82. The van der Waals surface area contributed by atoms with Crippen LogP contribution in [0.25, 0.3) is 11.0 Å². The van der Waals surface area contributed by atoms with Crippen molar-refractivity contribution in [1.29, 1.82) is 0 Å². The fraction of sp³-hybridized carbons (Fsp3) is 0.462. The van der Waals surface area contributed by atoms with E-state index in [4.69, 9.17) is 33.7 Å². The Kier molecular flexibility index (Phi) is 3.33. The SMILES string of the molecule is CC1CC(n2c(N)nc3cc(Cl)c(Cl)cc32)CCO1. The Bertz CT molecular complexity index is 626. The molecule has 0 bridgehead atoms. The van der Waals surface area contributed by atoms with Gasteiger partial charge < -0.3 is 15.0 Å². The average molecular weight is 300 g/mol. The fourth-order valence-corrected chi connectivity index (χ4v) is 3.02. The van der Waals surface area contributed by atoms with Gasteiger partial charge in [0.25, 0.3) is 0 Å². The van der Waals surface area contributed by atoms with Crippen LogP contribution in [-0.4, -0.2) is 22.3 Å². The van der Waals surface area contributed by atoms with E-state index < -0.39 is 0 Å². The number of anilines is 1. The highest BCUT2D eigenvalue weighted by molar-refractivity contribution is 6.42. The molecule has 4 nitrogen and oxygen atoms in total. The van der Waals surface area contributed by atoms with Crippen LogP contribution >= 0.6 is 23.2 Å². The van der Waals surface area contributed by atoms with Gasteiger partial charge in [-0.3, -0.25) is 0 Å². The molecule has 0 amide bonds. The number of hydrogen-bond donors (Lipinski definition) is 1. The summed E-state index contributed by atoms with van der Waals surface area (Å²) in [7, 11) is 0. The van der Waals surface area contributed by atoms with Gasteiger partial charge in [0.1, 0.15) is 0 Å². The second-order valence-electron chi connectivity index (χ2n) is 4.95. The minimum atomic E-state index is 0.235. The summed E-state index contributed by atoms with van der Waals surface area (Å²) in [5.74, 6) is 0.507. The standard InChI is InChI=1S/C13H15Cl2N3O/c1-7-4-8(2-3-19-7)18-12-6-10(15)9(14)5-11(12)17-13(18)16/h5-8H,2-4H2,1H3,(H2,16,17). The molecule has 1 fully saturated rings. The number of benzene rings is 1. The smallest absolute Gasteiger partial charge is 0.201 e. The summed E-state index contributed by atoms with van der Waals surface area (Å²) in [6, 6.07) is 3.89. The molecule has 2 heterocycles. The molecule has 0 spiro atoms. The van der Waals surface area contributed by atoms with Gasteiger partial charge in [0.2, 0.25) is 5.95 Å². The van der Waals surface area contributed by atoms with Crippen molar-refractivity contribution in [2.24, 2.45) is 0 Å². The highest BCUT2D eigenvalue weighted by Crippen LogP contribution is 2.34. The lowest BCUT2D eigenvalue weighted by Gasteiger charge is -2.29. The molecule has 19 heavy (non-hydrogen) atoms. The van der Waals surface area contributed by atoms with Gasteiger partial charge in [-0.1, -0.05) is 23.2 Å². The molecule has 102 valence electrons. The average Bonchev–Trinajstić information content (AvgIpc) is 2.65. The molecule has 1 aromatic carbocycles. The number of nitrogen functional groups attached to an aromatic ring is 1. The molecule has 2 atom stereocenters. The molecule has 1 aromatic heterocycles. The third kappa shape index (κ3) is 2.29. The van der Waals surface area contributed by atoms with Crippen molar-refractivity contribution in [3.63, 3.8) is 0 Å². The lowest BCUT2D eigenvalue weighted by Crippen LogP contribution is -2.26. The van der Waals surface area contributed by atoms with E-state index in [1.807, 2.05) is 6.07 Å². The molecule has 1 saturated heterocycles. The minimum absolute atomic E-state index is 0.235. The first-order chi connectivity index (χ1) is 9.06. The van der Waals surface area contributed by atoms with Crippen molar-refractivity contribution >= 4 is 40.2 Å². The first kappa shape index (κ1) is 13.0. The normalized spacial score (nSPS) is 23.9. The van der Waals surface area contributed by atoms with Crippen LogP contribution in [0.3, 0.4) is 0 Å². The zero-order valence-corrected chi connectivity index (χ0v) is 12.1. The third-order valence-corrected chi connectivity index (χ3v) is 4.30. The highest BCUT2D eigenvalue weighted by atomic mass is 35.5. The Hall–Kier alpha value is -0.970. The van der Waals surface area contributed by atoms with E-state index in [0.717, 1.165) is 30.5 Å². The van der Waals surface area contributed by atoms with E-state index in [9.17, 15) is 0 Å². The lowest BCUT2D eigenvalue weighted by atomic mass is 10.0. The molecule has 0 aliphatic carbocycles. The Morgan fingerprint density at radius 2 is 2.11 bits per heavy atom. The first-order valence-electron chi connectivity index (χ1n) is 6.30. The molecule has 2 N–H and O–H groups in total. The van der Waals surface area contributed by atoms with Crippen LogP contribution < -0.4 is 5.73 Å². The van der Waals surface area contributed by atoms with Crippen LogP contribution in [0.2, 0.25) is 10.0 Å². The van der Waals surface area contributed by atoms with Gasteiger partial charge >= 0.3 is 0 Å². The Labute approximate surface area is 121 Å². The molecule has 6 heteroatoms. The number of nitrogens with zero attached hydrogens (tertiary/aromatic N) is 2. The maximum atomic E-state index is 6.10. The summed E-state index contributed by atoms with van der Waals surface area (Å²) in [6.07, 6.45) is 2.09. The monoisotopic (exact) mass is 299 g/mol. The lowest BCUT2D eigenvalue weighted by molar-refractivity contribution is 0.00714. The van der Waals surface area contributed by atoms with E-state index >= 15 is 0 Å². The van der Waals surface area contributed by atoms with Crippen LogP contribution in [0.15, 0.2) is 12.1 Å². The van der Waals surface area contributed by atoms with Crippen molar-refractivity contribution < 1.29 is 4.74 Å². The molecular formula is C13H15Cl2N3O. The third-order valence-electron chi connectivity index (χ3n) is 3.58. The molecule has 0 radical (unpaired) electrons. The summed E-state index contributed by atoms with van der Waals surface area (Å²) in [4.78, 5) is 4.37. The maximum Gasteiger partial charge on any atom is 0.201 e. The molecule has 3 rings (SSSR count). The quantitative estimate of drug-likeness (QED) is 0.874. The van der Waals surface area contributed by atoms with Crippen LogP contribution in [0.4, 0.5) is 5.95 Å². The van der Waals surface area contributed by atoms with Gasteiger partial charge in [0.05, 0.1) is 27.2 Å². The van der Waals surface area contributed by atoms with Crippen molar-refractivity contribution in [3.8, 4) is 0 Å². The number of rotatable bonds is 1. The molecule has 2 unspecified atom stereocenters. The number of aromatic nitrogens is 2. The van der Waals surface area contributed by atoms with Crippen LogP contribution in [0, 0.1) is 0 Å². The number of nitrogens with two attached hydrogens (primary N) is 1. The second kappa shape index (κ2) is 4.85. The second-order valence-corrected chi connectivity index (χ2v) is 5.77. The van der Waals surface area contributed by atoms with Gasteiger partial charge in [0.15, 0.2) is 0 Å². The van der Waals surface area contributed by atoms with E-state index in [2.05, 4.69) is 16.5 Å². The molecule has 2 aromatic rings. The predicted molar refractivity (Wildman–Crippen MR) is 77.9 cm³/mol. The van der Waals surface area contributed by atoms with Gasteiger partial charge in [-0.15, -0.1) is 0 Å². The van der Waals surface area contributed by atoms with Crippen molar-refractivity contribution in [3.05, 3.63) is 22.2 Å². The first-order valence-corrected chi connectivity index (χ1v) is 7.06. The van der Waals surface area contributed by atoms with Crippen LogP contribution in [0.5, 0.6) is 0 Å². The van der Waals surface area contributed by atoms with Crippen molar-refractivity contribution in [1.82, 2.24) is 9.55 Å². The number of halogens is 2. The number of ether oxygens (including phenoxy) is 1.